The molecule has 1 aromatic heterocycles. The van der Waals surface area contributed by atoms with Gasteiger partial charge in [0, 0.05) is 40.0 Å². The van der Waals surface area contributed by atoms with Crippen LogP contribution in [0.25, 0.3) is 0 Å². The number of hydrogen-bond donors (Lipinski definition) is 1. The van der Waals surface area contributed by atoms with Gasteiger partial charge in [0.25, 0.3) is 0 Å². The Hall–Kier alpha value is -0.410. The molecule has 1 N–H and O–H groups in total. The van der Waals surface area contributed by atoms with Gasteiger partial charge in [-0.1, -0.05) is 5.92 Å². The molecule has 0 radical (unpaired) electrons. The van der Waals surface area contributed by atoms with E-state index in [1.807, 2.05) is 19.2 Å². The van der Waals surface area contributed by atoms with Gasteiger partial charge < -0.3 is 5.32 Å². The lowest BCUT2D eigenvalue weighted by Gasteiger charge is -1.96. The minimum absolute atomic E-state index is 0.864. The van der Waals surface area contributed by atoms with E-state index >= 15 is 0 Å². The van der Waals surface area contributed by atoms with Crippen LogP contribution in [0.3, 0.4) is 0 Å². The molecule has 0 aromatic carbocycles. The average molecular weight is 290 g/mol. The molecule has 1 heterocycles. The number of aromatic nitrogens is 1. The van der Waals surface area contributed by atoms with Gasteiger partial charge in [-0.25, -0.2) is 4.98 Å². The molecule has 1 rings (SSSR count). The molecule has 0 atom stereocenters. The second-order valence-corrected chi connectivity index (χ2v) is 3.67. The fraction of sp³-hybridized carbons (Fsp3) is 0.125. The highest BCUT2D eigenvalue weighted by Crippen LogP contribution is 2.08. The summed E-state index contributed by atoms with van der Waals surface area (Å²) in [7, 11) is 3.31. The molecule has 0 aliphatic heterocycles. The van der Waals surface area contributed by atoms with Gasteiger partial charge >= 0.3 is 0 Å². The largest absolute Gasteiger partial charge is 0.373 e. The standard InChI is InChI=1S/C8H7IN2S/c1-10-8-3-2-7(6-11-8)4-5-12-9/h2-3,6H,1H3,(H,10,11). The van der Waals surface area contributed by atoms with E-state index in [-0.39, 0.29) is 0 Å². The Kier molecular flexibility index (Phi) is 4.25. The van der Waals surface area contributed by atoms with Crippen LogP contribution in [0.4, 0.5) is 5.82 Å². The van der Waals surface area contributed by atoms with E-state index in [1.54, 1.807) is 6.20 Å². The first-order valence-electron chi connectivity index (χ1n) is 3.29. The van der Waals surface area contributed by atoms with Crippen LogP contribution in [-0.4, -0.2) is 12.0 Å². The first-order valence-corrected chi connectivity index (χ1v) is 6.65. The summed E-state index contributed by atoms with van der Waals surface area (Å²) >= 11 is 2.14. The predicted molar refractivity (Wildman–Crippen MR) is 62.3 cm³/mol. The van der Waals surface area contributed by atoms with Gasteiger partial charge in [-0.05, 0) is 26.3 Å². The molecule has 2 nitrogen and oxygen atoms in total. The van der Waals surface area contributed by atoms with Crippen LogP contribution in [0.15, 0.2) is 18.3 Å². The maximum absolute atomic E-state index is 4.12. The number of nitrogens with zero attached hydrogens (tertiary/aromatic N) is 1. The second-order valence-electron chi connectivity index (χ2n) is 1.99. The van der Waals surface area contributed by atoms with E-state index in [9.17, 15) is 0 Å². The summed E-state index contributed by atoms with van der Waals surface area (Å²) in [6.07, 6.45) is 1.76. The van der Waals surface area contributed by atoms with E-state index in [4.69, 9.17) is 0 Å². The lowest BCUT2D eigenvalue weighted by atomic mass is 10.3. The Balaban J connectivity index is 2.78. The smallest absolute Gasteiger partial charge is 0.125 e. The number of pyridine rings is 1. The molecule has 0 aliphatic rings. The molecule has 0 amide bonds. The summed E-state index contributed by atoms with van der Waals surface area (Å²) in [4.78, 5) is 4.12. The Morgan fingerprint density at radius 2 is 2.42 bits per heavy atom. The zero-order valence-electron chi connectivity index (χ0n) is 6.47. The predicted octanol–water partition coefficient (Wildman–Crippen LogP) is 2.52. The van der Waals surface area contributed by atoms with Crippen molar-refractivity contribution in [3.05, 3.63) is 23.9 Å². The summed E-state index contributed by atoms with van der Waals surface area (Å²) in [6.45, 7) is 0. The molecule has 62 valence electrons. The van der Waals surface area contributed by atoms with E-state index in [0.717, 1.165) is 11.4 Å². The first kappa shape index (κ1) is 9.68. The van der Waals surface area contributed by atoms with Gasteiger partial charge in [0.05, 0.1) is 0 Å². The highest BCUT2D eigenvalue weighted by atomic mass is 127. The van der Waals surface area contributed by atoms with Gasteiger partial charge in [0.15, 0.2) is 0 Å². The Morgan fingerprint density at radius 3 is 2.92 bits per heavy atom. The number of rotatable bonds is 1. The maximum atomic E-state index is 4.12. The van der Waals surface area contributed by atoms with Crippen molar-refractivity contribution in [1.29, 1.82) is 0 Å². The fourth-order valence-corrected chi connectivity index (χ4v) is 1.18. The summed E-state index contributed by atoms with van der Waals surface area (Å²) in [5.74, 6) is 3.82. The van der Waals surface area contributed by atoms with Crippen molar-refractivity contribution >= 4 is 36.0 Å². The zero-order valence-corrected chi connectivity index (χ0v) is 9.44. The molecule has 0 saturated heterocycles. The van der Waals surface area contributed by atoms with Crippen LogP contribution in [0.1, 0.15) is 5.56 Å². The molecule has 0 fully saturated rings. The lowest BCUT2D eigenvalue weighted by Crippen LogP contribution is -1.90. The number of hydrogen-bond acceptors (Lipinski definition) is 3. The molecule has 1 aromatic rings. The normalized spacial score (nSPS) is 8.50. The third-order valence-corrected chi connectivity index (χ3v) is 2.09. The van der Waals surface area contributed by atoms with Crippen molar-refractivity contribution < 1.29 is 0 Å². The van der Waals surface area contributed by atoms with Crippen molar-refractivity contribution in [3.63, 3.8) is 0 Å². The van der Waals surface area contributed by atoms with Crippen molar-refractivity contribution in [2.45, 2.75) is 0 Å². The topological polar surface area (TPSA) is 24.9 Å². The molecule has 12 heavy (non-hydrogen) atoms. The first-order chi connectivity index (χ1) is 5.86. The third-order valence-electron chi connectivity index (χ3n) is 1.25. The number of nitrogens with one attached hydrogen (secondary N) is 1. The average Bonchev–Trinajstić information content (AvgIpc) is 2.15. The van der Waals surface area contributed by atoms with Crippen molar-refractivity contribution in [2.24, 2.45) is 0 Å². The van der Waals surface area contributed by atoms with E-state index in [0.29, 0.717) is 0 Å². The molecule has 0 aliphatic carbocycles. The van der Waals surface area contributed by atoms with Crippen molar-refractivity contribution in [1.82, 2.24) is 4.98 Å². The maximum Gasteiger partial charge on any atom is 0.125 e. The molecule has 0 saturated carbocycles. The number of anilines is 1. The molecule has 4 heteroatoms. The van der Waals surface area contributed by atoms with Crippen LogP contribution >= 0.6 is 30.1 Å². The molecule has 0 bridgehead atoms. The highest BCUT2D eigenvalue weighted by Gasteiger charge is 1.88. The molecule has 0 unspecified atom stereocenters. The summed E-state index contributed by atoms with van der Waals surface area (Å²) in [5, 5.41) is 5.84. The van der Waals surface area contributed by atoms with Gasteiger partial charge in [0.2, 0.25) is 0 Å². The second kappa shape index (κ2) is 5.27. The SMILES string of the molecule is CNc1ccc(C#CSI)cn1. The monoisotopic (exact) mass is 290 g/mol. The van der Waals surface area contributed by atoms with Gasteiger partial charge in [-0.2, -0.15) is 0 Å². The van der Waals surface area contributed by atoms with Crippen molar-refractivity contribution in [2.75, 3.05) is 12.4 Å². The third kappa shape index (κ3) is 2.91. The van der Waals surface area contributed by atoms with Crippen molar-refractivity contribution in [3.8, 4) is 11.2 Å². The lowest BCUT2D eigenvalue weighted by molar-refractivity contribution is 1.28. The van der Waals surface area contributed by atoms with Crippen LogP contribution < -0.4 is 5.32 Å². The van der Waals surface area contributed by atoms with E-state index < -0.39 is 0 Å². The van der Waals surface area contributed by atoms with Gasteiger partial charge in [0.1, 0.15) is 5.82 Å². The Morgan fingerprint density at radius 1 is 1.58 bits per heavy atom. The Labute approximate surface area is 88.1 Å². The quantitative estimate of drug-likeness (QED) is 0.635. The summed E-state index contributed by atoms with van der Waals surface area (Å²) < 4.78 is 0. The van der Waals surface area contributed by atoms with Crippen LogP contribution in [0.5, 0.6) is 0 Å². The summed E-state index contributed by atoms with van der Waals surface area (Å²) in [5.41, 5.74) is 0.943. The summed E-state index contributed by atoms with van der Waals surface area (Å²) in [6, 6.07) is 3.85. The van der Waals surface area contributed by atoms with Crippen LogP contribution in [-0.2, 0) is 0 Å². The highest BCUT2D eigenvalue weighted by molar-refractivity contribution is 14.2. The zero-order chi connectivity index (χ0) is 8.81. The van der Waals surface area contributed by atoms with E-state index in [1.165, 1.54) is 8.93 Å². The van der Waals surface area contributed by atoms with Gasteiger partial charge in [-0.15, -0.1) is 0 Å². The van der Waals surface area contributed by atoms with Crippen LogP contribution in [0.2, 0.25) is 0 Å². The molecular weight excluding hydrogens is 283 g/mol. The Bertz CT molecular complexity index is 299. The van der Waals surface area contributed by atoms with Crippen LogP contribution in [0, 0.1) is 11.2 Å². The fourth-order valence-electron chi connectivity index (χ4n) is 0.694. The minimum atomic E-state index is 0.864. The van der Waals surface area contributed by atoms with E-state index in [2.05, 4.69) is 42.7 Å². The molecular formula is C8H7IN2S. The molecule has 0 spiro atoms. The minimum Gasteiger partial charge on any atom is -0.373 e. The number of halogens is 1. The van der Waals surface area contributed by atoms with Gasteiger partial charge in [-0.3, -0.25) is 0 Å².